The number of anilines is 1. The van der Waals surface area contributed by atoms with Crippen molar-refractivity contribution >= 4 is 27.6 Å². The molecule has 0 aliphatic heterocycles. The summed E-state index contributed by atoms with van der Waals surface area (Å²) in [4.78, 5) is 23.3. The van der Waals surface area contributed by atoms with Crippen LogP contribution in [-0.2, 0) is 24.3 Å². The Morgan fingerprint density at radius 3 is 2.57 bits per heavy atom. The van der Waals surface area contributed by atoms with Gasteiger partial charge in [0.15, 0.2) is 6.61 Å². The zero-order chi connectivity index (χ0) is 20.7. The van der Waals surface area contributed by atoms with Gasteiger partial charge in [0.25, 0.3) is 5.91 Å². The summed E-state index contributed by atoms with van der Waals surface area (Å²) in [7, 11) is -2.64. The van der Waals surface area contributed by atoms with Gasteiger partial charge >= 0.3 is 5.97 Å². The molecule has 28 heavy (non-hydrogen) atoms. The Kier molecular flexibility index (Phi) is 7.07. The molecule has 2 N–H and O–H groups in total. The summed E-state index contributed by atoms with van der Waals surface area (Å²) >= 11 is 0. The average molecular weight is 410 g/mol. The van der Waals surface area contributed by atoms with E-state index in [1.807, 2.05) is 11.6 Å². The molecule has 2 aromatic rings. The van der Waals surface area contributed by atoms with Crippen molar-refractivity contribution in [3.63, 3.8) is 0 Å². The molecule has 0 aliphatic rings. The zero-order valence-corrected chi connectivity index (χ0v) is 16.0. The topological polar surface area (TPSA) is 111 Å². The quantitative estimate of drug-likeness (QED) is 0.640. The molecule has 0 fully saturated rings. The number of sulfonamides is 1. The molecule has 0 radical (unpaired) electrons. The predicted octanol–water partition coefficient (Wildman–Crippen LogP) is 1.60. The summed E-state index contributed by atoms with van der Waals surface area (Å²) < 4.78 is 49.0. The smallest absolute Gasteiger partial charge is 0.321 e. The Morgan fingerprint density at radius 1 is 1.14 bits per heavy atom. The molecule has 0 aliphatic carbocycles. The van der Waals surface area contributed by atoms with Crippen molar-refractivity contribution in [3.05, 3.63) is 53.8 Å². The third kappa shape index (κ3) is 6.03. The molecular weight excluding hydrogens is 391 g/mol. The van der Waals surface area contributed by atoms with Crippen molar-refractivity contribution in [1.82, 2.24) is 4.72 Å². The fraction of sp³-hybridized carbons (Fsp3) is 0.222. The Labute approximate surface area is 161 Å². The van der Waals surface area contributed by atoms with Crippen LogP contribution in [0.25, 0.3) is 0 Å². The molecule has 150 valence electrons. The normalized spacial score (nSPS) is 11.0. The van der Waals surface area contributed by atoms with Crippen molar-refractivity contribution in [1.29, 1.82) is 0 Å². The molecular formula is C18H19FN2O6S. The van der Waals surface area contributed by atoms with Gasteiger partial charge < -0.3 is 14.8 Å². The van der Waals surface area contributed by atoms with E-state index in [2.05, 4.69) is 5.32 Å². The van der Waals surface area contributed by atoms with E-state index in [4.69, 9.17) is 9.47 Å². The molecule has 0 saturated carbocycles. The molecule has 0 spiro atoms. The van der Waals surface area contributed by atoms with Gasteiger partial charge in [0.1, 0.15) is 18.1 Å². The van der Waals surface area contributed by atoms with Crippen LogP contribution >= 0.6 is 0 Å². The largest absolute Gasteiger partial charge is 0.495 e. The predicted molar refractivity (Wildman–Crippen MR) is 98.9 cm³/mol. The number of nitrogens with one attached hydrogen (secondary N) is 2. The van der Waals surface area contributed by atoms with Gasteiger partial charge in [0, 0.05) is 0 Å². The number of aryl methyl sites for hydroxylation is 1. The molecule has 0 saturated heterocycles. The van der Waals surface area contributed by atoms with E-state index in [1.165, 1.54) is 19.2 Å². The van der Waals surface area contributed by atoms with Crippen molar-refractivity contribution in [3.8, 4) is 5.75 Å². The van der Waals surface area contributed by atoms with E-state index in [1.54, 1.807) is 18.2 Å². The van der Waals surface area contributed by atoms with E-state index in [0.29, 0.717) is 11.4 Å². The van der Waals surface area contributed by atoms with Gasteiger partial charge in [0.2, 0.25) is 10.0 Å². The number of hydrogen-bond donors (Lipinski definition) is 2. The van der Waals surface area contributed by atoms with Crippen molar-refractivity contribution in [2.45, 2.75) is 11.8 Å². The highest BCUT2D eigenvalue weighted by molar-refractivity contribution is 7.89. The fourth-order valence-corrected chi connectivity index (χ4v) is 3.17. The van der Waals surface area contributed by atoms with Gasteiger partial charge in [-0.1, -0.05) is 12.1 Å². The molecule has 0 atom stereocenters. The number of carbonyl (C=O) groups excluding carboxylic acids is 2. The summed E-state index contributed by atoms with van der Waals surface area (Å²) in [5.74, 6) is -1.88. The highest BCUT2D eigenvalue weighted by Crippen LogP contribution is 2.25. The average Bonchev–Trinajstić information content (AvgIpc) is 2.65. The van der Waals surface area contributed by atoms with Crippen LogP contribution in [0.5, 0.6) is 5.75 Å². The van der Waals surface area contributed by atoms with Gasteiger partial charge in [0.05, 0.1) is 17.7 Å². The third-order valence-electron chi connectivity index (χ3n) is 3.51. The zero-order valence-electron chi connectivity index (χ0n) is 15.2. The number of hydrogen-bond acceptors (Lipinski definition) is 6. The van der Waals surface area contributed by atoms with Crippen molar-refractivity contribution in [2.24, 2.45) is 0 Å². The Bertz CT molecular complexity index is 978. The maximum Gasteiger partial charge on any atom is 0.321 e. The molecule has 2 rings (SSSR count). The van der Waals surface area contributed by atoms with Crippen LogP contribution in [0.4, 0.5) is 10.1 Å². The van der Waals surface area contributed by atoms with Gasteiger partial charge in [-0.15, -0.1) is 0 Å². The van der Waals surface area contributed by atoms with E-state index in [-0.39, 0.29) is 4.90 Å². The minimum absolute atomic E-state index is 0.329. The van der Waals surface area contributed by atoms with Crippen LogP contribution in [0.15, 0.2) is 47.4 Å². The second-order valence-electron chi connectivity index (χ2n) is 5.69. The first-order valence-electron chi connectivity index (χ1n) is 8.06. The monoisotopic (exact) mass is 410 g/mol. The van der Waals surface area contributed by atoms with Crippen LogP contribution in [0.2, 0.25) is 0 Å². The lowest BCUT2D eigenvalue weighted by molar-refractivity contribution is -0.146. The Balaban J connectivity index is 1.85. The van der Waals surface area contributed by atoms with Gasteiger partial charge in [-0.3, -0.25) is 9.59 Å². The number of rotatable bonds is 8. The van der Waals surface area contributed by atoms with Crippen molar-refractivity contribution < 1.29 is 31.9 Å². The van der Waals surface area contributed by atoms with Crippen LogP contribution in [0.1, 0.15) is 5.56 Å². The molecule has 1 amide bonds. The minimum atomic E-state index is -4.09. The first-order valence-corrected chi connectivity index (χ1v) is 9.55. The van der Waals surface area contributed by atoms with Crippen LogP contribution < -0.4 is 14.8 Å². The first-order chi connectivity index (χ1) is 13.2. The highest BCUT2D eigenvalue weighted by Gasteiger charge is 2.17. The maximum absolute atomic E-state index is 13.1. The minimum Gasteiger partial charge on any atom is -0.495 e. The molecule has 0 bridgehead atoms. The summed E-state index contributed by atoms with van der Waals surface area (Å²) in [6.45, 7) is 0.511. The second kappa shape index (κ2) is 9.29. The van der Waals surface area contributed by atoms with Gasteiger partial charge in [-0.05, 0) is 42.8 Å². The SMILES string of the molecule is COc1ccc(C)cc1NC(=O)COC(=O)CNS(=O)(=O)c1cccc(F)c1. The number of esters is 1. The number of halogens is 1. The summed E-state index contributed by atoms with van der Waals surface area (Å²) in [5, 5.41) is 2.54. The number of carbonyl (C=O) groups is 2. The summed E-state index contributed by atoms with van der Waals surface area (Å²) in [6.07, 6.45) is 0. The fourth-order valence-electron chi connectivity index (χ4n) is 2.17. The Hall–Kier alpha value is -2.98. The summed E-state index contributed by atoms with van der Waals surface area (Å²) in [6, 6.07) is 9.49. The van der Waals surface area contributed by atoms with Crippen molar-refractivity contribution in [2.75, 3.05) is 25.6 Å². The first kappa shape index (κ1) is 21.3. The molecule has 0 heterocycles. The molecule has 2 aromatic carbocycles. The van der Waals surface area contributed by atoms with Crippen LogP contribution in [-0.4, -0.2) is 40.6 Å². The van der Waals surface area contributed by atoms with Gasteiger partial charge in [-0.25, -0.2) is 12.8 Å². The lowest BCUT2D eigenvalue weighted by Crippen LogP contribution is -2.32. The standard InChI is InChI=1S/C18H19FN2O6S/c1-12-6-7-16(26-2)15(8-12)21-17(22)11-27-18(23)10-20-28(24,25)14-5-3-4-13(19)9-14/h3-9,20H,10-11H2,1-2H3,(H,21,22). The molecule has 10 heteroatoms. The van der Waals surface area contributed by atoms with E-state index in [9.17, 15) is 22.4 Å². The van der Waals surface area contributed by atoms with E-state index in [0.717, 1.165) is 17.7 Å². The highest BCUT2D eigenvalue weighted by atomic mass is 32.2. The lowest BCUT2D eigenvalue weighted by atomic mass is 10.2. The second-order valence-corrected chi connectivity index (χ2v) is 7.46. The van der Waals surface area contributed by atoms with Crippen LogP contribution in [0, 0.1) is 12.7 Å². The maximum atomic E-state index is 13.1. The summed E-state index contributed by atoms with van der Waals surface area (Å²) in [5.41, 5.74) is 1.30. The molecule has 0 aromatic heterocycles. The third-order valence-corrected chi connectivity index (χ3v) is 4.91. The molecule has 0 unspecified atom stereocenters. The van der Waals surface area contributed by atoms with Gasteiger partial charge in [-0.2, -0.15) is 4.72 Å². The number of methoxy groups -OCH3 is 1. The molecule has 8 nitrogen and oxygen atoms in total. The van der Waals surface area contributed by atoms with E-state index < -0.39 is 40.9 Å². The number of amides is 1. The number of ether oxygens (including phenoxy) is 2. The van der Waals surface area contributed by atoms with E-state index >= 15 is 0 Å². The lowest BCUT2D eigenvalue weighted by Gasteiger charge is -2.11. The Morgan fingerprint density at radius 2 is 1.89 bits per heavy atom. The number of benzene rings is 2. The van der Waals surface area contributed by atoms with Crippen LogP contribution in [0.3, 0.4) is 0 Å².